The first-order valence-corrected chi connectivity index (χ1v) is 9.93. The lowest BCUT2D eigenvalue weighted by Crippen LogP contribution is -2.22. The van der Waals surface area contributed by atoms with Gasteiger partial charge in [-0.2, -0.15) is 4.99 Å². The zero-order valence-electron chi connectivity index (χ0n) is 16.4. The number of amides is 1. The maximum atomic E-state index is 12.4. The zero-order chi connectivity index (χ0) is 21.7. The van der Waals surface area contributed by atoms with Crippen LogP contribution in [0.15, 0.2) is 53.5 Å². The van der Waals surface area contributed by atoms with Crippen molar-refractivity contribution in [3.8, 4) is 0 Å². The number of rotatable bonds is 6. The molecule has 0 saturated heterocycles. The molecule has 0 bridgehead atoms. The van der Waals surface area contributed by atoms with Crippen LogP contribution in [-0.2, 0) is 27.3 Å². The SMILES string of the molecule is CCc1ccc2c(c1)sc(=NC(=O)/C=C\c1ccc([N+](=O)[O-])cc1)n2CC(=O)OC. The third kappa shape index (κ3) is 4.87. The van der Waals surface area contributed by atoms with Crippen LogP contribution in [0, 0.1) is 10.1 Å². The average Bonchev–Trinajstić information content (AvgIpc) is 3.08. The second kappa shape index (κ2) is 9.27. The van der Waals surface area contributed by atoms with Gasteiger partial charge in [-0.05, 0) is 47.9 Å². The summed E-state index contributed by atoms with van der Waals surface area (Å²) in [5, 5.41) is 10.7. The van der Waals surface area contributed by atoms with Crippen molar-refractivity contribution in [3.05, 3.63) is 74.6 Å². The van der Waals surface area contributed by atoms with E-state index in [1.165, 1.54) is 42.7 Å². The second-order valence-electron chi connectivity index (χ2n) is 6.33. The highest BCUT2D eigenvalue weighted by Crippen LogP contribution is 2.20. The van der Waals surface area contributed by atoms with Crippen molar-refractivity contribution in [3.63, 3.8) is 0 Å². The van der Waals surface area contributed by atoms with Crippen LogP contribution in [-0.4, -0.2) is 28.5 Å². The number of carbonyl (C=O) groups excluding carboxylic acids is 2. The lowest BCUT2D eigenvalue weighted by atomic mass is 10.2. The minimum atomic E-state index is -0.505. The van der Waals surface area contributed by atoms with Gasteiger partial charge < -0.3 is 9.30 Å². The number of nitro benzene ring substituents is 1. The maximum absolute atomic E-state index is 12.4. The molecular weight excluding hydrogens is 406 g/mol. The van der Waals surface area contributed by atoms with E-state index in [4.69, 9.17) is 4.74 Å². The average molecular weight is 425 g/mol. The molecule has 9 heteroatoms. The van der Waals surface area contributed by atoms with Gasteiger partial charge in [-0.3, -0.25) is 19.7 Å². The van der Waals surface area contributed by atoms with E-state index in [2.05, 4.69) is 11.9 Å². The summed E-state index contributed by atoms with van der Waals surface area (Å²) in [5.41, 5.74) is 2.55. The molecular formula is C21H19N3O5S. The van der Waals surface area contributed by atoms with E-state index >= 15 is 0 Å². The van der Waals surface area contributed by atoms with Crippen LogP contribution in [0.3, 0.4) is 0 Å². The largest absolute Gasteiger partial charge is 0.468 e. The first-order valence-electron chi connectivity index (χ1n) is 9.11. The van der Waals surface area contributed by atoms with Crippen molar-refractivity contribution in [2.75, 3.05) is 7.11 Å². The second-order valence-corrected chi connectivity index (χ2v) is 7.34. The van der Waals surface area contributed by atoms with Gasteiger partial charge in [0.25, 0.3) is 11.6 Å². The highest BCUT2D eigenvalue weighted by Gasteiger charge is 2.12. The highest BCUT2D eigenvalue weighted by molar-refractivity contribution is 7.16. The van der Waals surface area contributed by atoms with Crippen molar-refractivity contribution in [2.24, 2.45) is 4.99 Å². The van der Waals surface area contributed by atoms with Gasteiger partial charge in [0.2, 0.25) is 0 Å². The first kappa shape index (κ1) is 21.1. The zero-order valence-corrected chi connectivity index (χ0v) is 17.2. The van der Waals surface area contributed by atoms with E-state index < -0.39 is 16.8 Å². The Bertz CT molecular complexity index is 1210. The van der Waals surface area contributed by atoms with Crippen LogP contribution >= 0.6 is 11.3 Å². The minimum Gasteiger partial charge on any atom is -0.468 e. The van der Waals surface area contributed by atoms with E-state index in [0.717, 1.165) is 22.2 Å². The van der Waals surface area contributed by atoms with Gasteiger partial charge >= 0.3 is 5.97 Å². The van der Waals surface area contributed by atoms with E-state index in [1.54, 1.807) is 16.7 Å². The summed E-state index contributed by atoms with van der Waals surface area (Å²) < 4.78 is 7.34. The summed E-state index contributed by atoms with van der Waals surface area (Å²) in [7, 11) is 1.31. The van der Waals surface area contributed by atoms with Gasteiger partial charge in [0, 0.05) is 18.2 Å². The molecule has 0 N–H and O–H groups in total. The van der Waals surface area contributed by atoms with Gasteiger partial charge in [0.15, 0.2) is 4.80 Å². The number of benzene rings is 2. The number of aryl methyl sites for hydroxylation is 1. The quantitative estimate of drug-likeness (QED) is 0.260. The molecule has 3 rings (SSSR count). The number of ether oxygens (including phenoxy) is 1. The fourth-order valence-corrected chi connectivity index (χ4v) is 3.87. The number of hydrogen-bond donors (Lipinski definition) is 0. The Morgan fingerprint density at radius 3 is 2.60 bits per heavy atom. The number of hydrogen-bond acceptors (Lipinski definition) is 6. The third-order valence-corrected chi connectivity index (χ3v) is 5.44. The first-order chi connectivity index (χ1) is 14.4. The summed E-state index contributed by atoms with van der Waals surface area (Å²) in [6.07, 6.45) is 3.68. The van der Waals surface area contributed by atoms with Crippen LogP contribution in [0.2, 0.25) is 0 Å². The Labute approximate surface area is 175 Å². The molecule has 0 spiro atoms. The third-order valence-electron chi connectivity index (χ3n) is 4.40. The molecule has 2 aromatic carbocycles. The Kier molecular flexibility index (Phi) is 6.53. The Morgan fingerprint density at radius 2 is 1.97 bits per heavy atom. The van der Waals surface area contributed by atoms with Gasteiger partial charge in [-0.15, -0.1) is 0 Å². The lowest BCUT2D eigenvalue weighted by Gasteiger charge is -2.04. The highest BCUT2D eigenvalue weighted by atomic mass is 32.1. The van der Waals surface area contributed by atoms with Crippen LogP contribution in [0.1, 0.15) is 18.1 Å². The predicted octanol–water partition coefficient (Wildman–Crippen LogP) is 3.49. The number of carbonyl (C=O) groups is 2. The fraction of sp³-hybridized carbons (Fsp3) is 0.190. The molecule has 1 aromatic heterocycles. The van der Waals surface area contributed by atoms with Crippen molar-refractivity contribution >= 4 is 45.2 Å². The standard InChI is InChI=1S/C21H19N3O5S/c1-3-14-6-10-17-18(12-14)30-21(23(17)13-20(26)29-2)22-19(25)11-7-15-4-8-16(9-5-15)24(27)28/h4-12H,3,13H2,1-2H3/b11-7-,22-21?. The molecule has 0 aliphatic heterocycles. The molecule has 1 amide bonds. The molecule has 0 aliphatic rings. The topological polar surface area (TPSA) is 104 Å². The van der Waals surface area contributed by atoms with E-state index in [0.29, 0.717) is 10.4 Å². The normalized spacial score (nSPS) is 11.9. The van der Waals surface area contributed by atoms with Gasteiger partial charge in [-0.1, -0.05) is 24.3 Å². The number of esters is 1. The molecule has 30 heavy (non-hydrogen) atoms. The summed E-state index contributed by atoms with van der Waals surface area (Å²) in [4.78, 5) is 39.0. The summed E-state index contributed by atoms with van der Waals surface area (Å²) in [6, 6.07) is 11.7. The number of methoxy groups -OCH3 is 1. The van der Waals surface area contributed by atoms with Crippen molar-refractivity contribution in [1.82, 2.24) is 4.57 Å². The molecule has 0 fully saturated rings. The predicted molar refractivity (Wildman–Crippen MR) is 114 cm³/mol. The summed E-state index contributed by atoms with van der Waals surface area (Å²) >= 11 is 1.32. The van der Waals surface area contributed by atoms with Crippen LogP contribution in [0.4, 0.5) is 5.69 Å². The van der Waals surface area contributed by atoms with Gasteiger partial charge in [-0.25, -0.2) is 0 Å². The molecule has 0 radical (unpaired) electrons. The molecule has 0 unspecified atom stereocenters. The number of aromatic nitrogens is 1. The Hall–Kier alpha value is -3.59. The fourth-order valence-electron chi connectivity index (χ4n) is 2.78. The molecule has 0 aliphatic carbocycles. The van der Waals surface area contributed by atoms with E-state index in [1.807, 2.05) is 18.2 Å². The maximum Gasteiger partial charge on any atom is 0.325 e. The van der Waals surface area contributed by atoms with E-state index in [9.17, 15) is 19.7 Å². The van der Waals surface area contributed by atoms with Crippen LogP contribution < -0.4 is 4.80 Å². The van der Waals surface area contributed by atoms with Crippen molar-refractivity contribution in [1.29, 1.82) is 0 Å². The molecule has 0 atom stereocenters. The summed E-state index contributed by atoms with van der Waals surface area (Å²) in [5.74, 6) is -0.946. The van der Waals surface area contributed by atoms with Crippen molar-refractivity contribution < 1.29 is 19.2 Å². The molecule has 0 saturated carbocycles. The lowest BCUT2D eigenvalue weighted by molar-refractivity contribution is -0.384. The monoisotopic (exact) mass is 425 g/mol. The van der Waals surface area contributed by atoms with Crippen LogP contribution in [0.25, 0.3) is 16.3 Å². The molecule has 3 aromatic rings. The van der Waals surface area contributed by atoms with Gasteiger partial charge in [0.05, 0.1) is 22.2 Å². The number of thiazole rings is 1. The van der Waals surface area contributed by atoms with Gasteiger partial charge in [0.1, 0.15) is 6.54 Å². The number of fused-ring (bicyclic) bond motifs is 1. The number of non-ortho nitro benzene ring substituents is 1. The number of nitro groups is 1. The Morgan fingerprint density at radius 1 is 1.23 bits per heavy atom. The minimum absolute atomic E-state index is 0.0243. The van der Waals surface area contributed by atoms with Crippen molar-refractivity contribution in [2.45, 2.75) is 19.9 Å². The smallest absolute Gasteiger partial charge is 0.325 e. The molecule has 8 nitrogen and oxygen atoms in total. The van der Waals surface area contributed by atoms with E-state index in [-0.39, 0.29) is 12.2 Å². The Balaban J connectivity index is 1.94. The molecule has 1 heterocycles. The summed E-state index contributed by atoms with van der Waals surface area (Å²) in [6.45, 7) is 2.00. The number of nitrogens with zero attached hydrogens (tertiary/aromatic N) is 3. The van der Waals surface area contributed by atoms with Crippen LogP contribution in [0.5, 0.6) is 0 Å². The molecule has 154 valence electrons.